The van der Waals surface area contributed by atoms with Gasteiger partial charge in [-0.05, 0) is 44.7 Å². The van der Waals surface area contributed by atoms with Crippen molar-refractivity contribution in [2.24, 2.45) is 0 Å². The number of carbonyl (C=O) groups is 4. The summed E-state index contributed by atoms with van der Waals surface area (Å²) in [6, 6.07) is 16.6. The van der Waals surface area contributed by atoms with Gasteiger partial charge in [-0.1, -0.05) is 60.7 Å². The first kappa shape index (κ1) is 33.9. The zero-order valence-corrected chi connectivity index (χ0v) is 24.6. The Kier molecular flexibility index (Phi) is 14.7. The molecule has 0 aliphatic heterocycles. The Bertz CT molecular complexity index is 1110. The Morgan fingerprint density at radius 3 is 1.83 bits per heavy atom. The highest BCUT2D eigenvalue weighted by Gasteiger charge is 2.24. The highest BCUT2D eigenvalue weighted by atomic mass is 16.6. The number of rotatable bonds is 15. The third kappa shape index (κ3) is 14.9. The maximum Gasteiger partial charge on any atom is 0.408 e. The molecule has 0 heterocycles. The third-order valence-corrected chi connectivity index (χ3v) is 5.53. The first-order valence-electron chi connectivity index (χ1n) is 13.6. The van der Waals surface area contributed by atoms with Crippen LogP contribution < -0.4 is 16.0 Å². The number of methoxy groups -OCH3 is 1. The van der Waals surface area contributed by atoms with Gasteiger partial charge in [-0.15, -0.1) is 0 Å². The molecule has 2 aromatic carbocycles. The SMILES string of the molecule is COC(=O)[C@H](COC[C@H](CCCNC(=O)OC(C)(C)C)NC(=O)OCc1ccccc1)NC(=O)OCc1ccccc1. The fraction of sp³-hybridized carbons (Fsp3) is 0.467. The van der Waals surface area contributed by atoms with E-state index in [1.165, 1.54) is 7.11 Å². The lowest BCUT2D eigenvalue weighted by atomic mass is 10.1. The summed E-state index contributed by atoms with van der Waals surface area (Å²) in [6.45, 7) is 5.46. The van der Waals surface area contributed by atoms with Crippen molar-refractivity contribution in [2.45, 2.75) is 64.5 Å². The largest absolute Gasteiger partial charge is 0.467 e. The number of nitrogens with one attached hydrogen (secondary N) is 3. The van der Waals surface area contributed by atoms with E-state index >= 15 is 0 Å². The van der Waals surface area contributed by atoms with Crippen molar-refractivity contribution in [1.82, 2.24) is 16.0 Å². The summed E-state index contributed by atoms with van der Waals surface area (Å²) >= 11 is 0. The molecule has 42 heavy (non-hydrogen) atoms. The molecule has 2 atom stereocenters. The van der Waals surface area contributed by atoms with Crippen LogP contribution in [0.5, 0.6) is 0 Å². The predicted octanol–water partition coefficient (Wildman–Crippen LogP) is 4.07. The minimum Gasteiger partial charge on any atom is -0.467 e. The second kappa shape index (κ2) is 18.2. The molecule has 0 saturated carbocycles. The molecule has 3 amide bonds. The van der Waals surface area contributed by atoms with Crippen molar-refractivity contribution in [3.63, 3.8) is 0 Å². The van der Waals surface area contributed by atoms with E-state index in [4.69, 9.17) is 23.7 Å². The summed E-state index contributed by atoms with van der Waals surface area (Å²) in [4.78, 5) is 48.9. The number of ether oxygens (including phenoxy) is 5. The second-order valence-corrected chi connectivity index (χ2v) is 10.3. The zero-order chi connectivity index (χ0) is 30.8. The molecule has 12 nitrogen and oxygen atoms in total. The standard InChI is InChI=1S/C30H41N3O9/c1-30(2,3)42-27(35)31-17-11-16-24(32-28(36)40-18-22-12-7-5-8-13-22)20-39-21-25(26(34)38-4)33-29(37)41-19-23-14-9-6-10-15-23/h5-10,12-15,24-25H,11,16-21H2,1-4H3,(H,31,35)(H,32,36)(H,33,37)/t24-,25-/m0/s1. The normalized spacial score (nSPS) is 12.3. The fourth-order valence-corrected chi connectivity index (χ4v) is 3.53. The summed E-state index contributed by atoms with van der Waals surface area (Å²) in [7, 11) is 1.19. The van der Waals surface area contributed by atoms with Gasteiger partial charge in [0.15, 0.2) is 6.04 Å². The molecule has 3 N–H and O–H groups in total. The van der Waals surface area contributed by atoms with Gasteiger partial charge >= 0.3 is 24.2 Å². The van der Waals surface area contributed by atoms with Crippen molar-refractivity contribution in [1.29, 1.82) is 0 Å². The highest BCUT2D eigenvalue weighted by molar-refractivity contribution is 5.81. The van der Waals surface area contributed by atoms with Gasteiger partial charge in [0.2, 0.25) is 0 Å². The molecule has 230 valence electrons. The van der Waals surface area contributed by atoms with E-state index in [1.54, 1.807) is 32.9 Å². The lowest BCUT2D eigenvalue weighted by Crippen LogP contribution is -2.46. The molecule has 2 rings (SSSR count). The first-order valence-corrected chi connectivity index (χ1v) is 13.6. The van der Waals surface area contributed by atoms with E-state index in [9.17, 15) is 19.2 Å². The van der Waals surface area contributed by atoms with Crippen LogP contribution in [0.1, 0.15) is 44.7 Å². The van der Waals surface area contributed by atoms with Gasteiger partial charge in [0.1, 0.15) is 18.8 Å². The Hall–Kier alpha value is -4.32. The molecular formula is C30H41N3O9. The van der Waals surface area contributed by atoms with E-state index < -0.39 is 41.9 Å². The quantitative estimate of drug-likeness (QED) is 0.159. The molecule has 0 aliphatic rings. The Morgan fingerprint density at radius 1 is 0.762 bits per heavy atom. The number of benzene rings is 2. The number of hydrogen-bond acceptors (Lipinski definition) is 9. The predicted molar refractivity (Wildman–Crippen MR) is 153 cm³/mol. The molecule has 12 heteroatoms. The topological polar surface area (TPSA) is 151 Å². The smallest absolute Gasteiger partial charge is 0.408 e. The van der Waals surface area contributed by atoms with Crippen molar-refractivity contribution in [2.75, 3.05) is 26.9 Å². The van der Waals surface area contributed by atoms with Gasteiger partial charge < -0.3 is 39.6 Å². The first-order chi connectivity index (χ1) is 20.1. The average Bonchev–Trinajstić information content (AvgIpc) is 2.96. The molecule has 0 saturated heterocycles. The van der Waals surface area contributed by atoms with Gasteiger partial charge in [-0.2, -0.15) is 0 Å². The lowest BCUT2D eigenvalue weighted by Gasteiger charge is -2.22. The highest BCUT2D eigenvalue weighted by Crippen LogP contribution is 2.07. The molecule has 0 spiro atoms. The summed E-state index contributed by atoms with van der Waals surface area (Å²) in [5.41, 5.74) is 0.990. The van der Waals surface area contributed by atoms with E-state index in [1.807, 2.05) is 48.5 Å². The van der Waals surface area contributed by atoms with Crippen LogP contribution in [0.3, 0.4) is 0 Å². The molecule has 0 unspecified atom stereocenters. The van der Waals surface area contributed by atoms with Crippen molar-refractivity contribution >= 4 is 24.2 Å². The number of alkyl carbamates (subject to hydrolysis) is 3. The van der Waals surface area contributed by atoms with E-state index in [2.05, 4.69) is 16.0 Å². The van der Waals surface area contributed by atoms with Gasteiger partial charge in [0, 0.05) is 6.54 Å². The maximum atomic E-state index is 12.5. The lowest BCUT2D eigenvalue weighted by molar-refractivity contribution is -0.144. The van der Waals surface area contributed by atoms with E-state index in [-0.39, 0.29) is 26.4 Å². The second-order valence-electron chi connectivity index (χ2n) is 10.3. The van der Waals surface area contributed by atoms with Gasteiger partial charge in [0.05, 0.1) is 26.4 Å². The zero-order valence-electron chi connectivity index (χ0n) is 24.6. The van der Waals surface area contributed by atoms with Crippen molar-refractivity contribution < 1.29 is 42.9 Å². The molecule has 0 fully saturated rings. The third-order valence-electron chi connectivity index (χ3n) is 5.53. The van der Waals surface area contributed by atoms with E-state index in [0.717, 1.165) is 11.1 Å². The maximum absolute atomic E-state index is 12.5. The molecule has 0 radical (unpaired) electrons. The molecule has 2 aromatic rings. The van der Waals surface area contributed by atoms with Crippen LogP contribution in [-0.2, 0) is 41.7 Å². The van der Waals surface area contributed by atoms with Gasteiger partial charge in [-0.3, -0.25) is 0 Å². The molecular weight excluding hydrogens is 546 g/mol. The van der Waals surface area contributed by atoms with Crippen LogP contribution in [-0.4, -0.2) is 68.8 Å². The Balaban J connectivity index is 1.89. The van der Waals surface area contributed by atoms with Crippen LogP contribution >= 0.6 is 0 Å². The number of esters is 1. The van der Waals surface area contributed by atoms with Gasteiger partial charge in [0.25, 0.3) is 0 Å². The summed E-state index contributed by atoms with van der Waals surface area (Å²) in [6.07, 6.45) is -1.12. The number of amides is 3. The Morgan fingerprint density at radius 2 is 1.31 bits per heavy atom. The van der Waals surface area contributed by atoms with Crippen LogP contribution in [0, 0.1) is 0 Å². The molecule has 0 bridgehead atoms. The summed E-state index contributed by atoms with van der Waals surface area (Å²) < 4.78 is 26.2. The van der Waals surface area contributed by atoms with Crippen molar-refractivity contribution in [3.8, 4) is 0 Å². The van der Waals surface area contributed by atoms with Crippen LogP contribution in [0.4, 0.5) is 14.4 Å². The number of carbonyl (C=O) groups excluding carboxylic acids is 4. The van der Waals surface area contributed by atoms with Crippen LogP contribution in [0.25, 0.3) is 0 Å². The summed E-state index contributed by atoms with van der Waals surface area (Å²) in [5.74, 6) is -0.722. The minimum atomic E-state index is -1.14. The monoisotopic (exact) mass is 587 g/mol. The van der Waals surface area contributed by atoms with Crippen LogP contribution in [0.15, 0.2) is 60.7 Å². The van der Waals surface area contributed by atoms with Crippen molar-refractivity contribution in [3.05, 3.63) is 71.8 Å². The van der Waals surface area contributed by atoms with E-state index in [0.29, 0.717) is 19.4 Å². The van der Waals surface area contributed by atoms with Gasteiger partial charge in [-0.25, -0.2) is 19.2 Å². The fourth-order valence-electron chi connectivity index (χ4n) is 3.53. The Labute approximate surface area is 246 Å². The summed E-state index contributed by atoms with van der Waals surface area (Å²) in [5, 5.41) is 7.86. The minimum absolute atomic E-state index is 0.0128. The number of hydrogen-bond donors (Lipinski definition) is 3. The average molecular weight is 588 g/mol. The van der Waals surface area contributed by atoms with Crippen LogP contribution in [0.2, 0.25) is 0 Å². The molecule has 0 aromatic heterocycles. The molecule has 0 aliphatic carbocycles.